The Hall–Kier alpha value is -2.05. The number of carbonyl (C=O) groups excluding carboxylic acids is 2. The standard InChI is InChI=1S/C21H23BrClN3O2/c1-14(2)21(28)26-10-8-25(9-11-26)19-7-6-17(23)13-18(19)24-20(27)15-4-3-5-16(22)12-15/h3-7,12-14H,8-11H2,1-2H3,(H,24,27). The van der Waals surface area contributed by atoms with E-state index < -0.39 is 0 Å². The van der Waals surface area contributed by atoms with Crippen molar-refractivity contribution in [2.75, 3.05) is 36.4 Å². The van der Waals surface area contributed by atoms with Crippen molar-refractivity contribution in [3.05, 3.63) is 57.5 Å². The predicted octanol–water partition coefficient (Wildman–Crippen LogP) is 4.66. The van der Waals surface area contributed by atoms with Crippen LogP contribution in [0.25, 0.3) is 0 Å². The SMILES string of the molecule is CC(C)C(=O)N1CCN(c2ccc(Cl)cc2NC(=O)c2cccc(Br)c2)CC1. The highest BCUT2D eigenvalue weighted by Crippen LogP contribution is 2.31. The van der Waals surface area contributed by atoms with E-state index in [1.165, 1.54) is 0 Å². The number of nitrogens with one attached hydrogen (secondary N) is 1. The number of benzene rings is 2. The van der Waals surface area contributed by atoms with E-state index in [0.29, 0.717) is 42.5 Å². The predicted molar refractivity (Wildman–Crippen MR) is 117 cm³/mol. The summed E-state index contributed by atoms with van der Waals surface area (Å²) in [7, 11) is 0. The number of halogens is 2. The maximum absolute atomic E-state index is 12.7. The van der Waals surface area contributed by atoms with E-state index in [1.807, 2.05) is 43.0 Å². The molecule has 2 aromatic carbocycles. The van der Waals surface area contributed by atoms with Crippen molar-refractivity contribution >= 4 is 50.7 Å². The van der Waals surface area contributed by atoms with Gasteiger partial charge in [0.05, 0.1) is 11.4 Å². The zero-order chi connectivity index (χ0) is 20.3. The maximum Gasteiger partial charge on any atom is 0.255 e. The molecule has 28 heavy (non-hydrogen) atoms. The second-order valence-corrected chi connectivity index (χ2v) is 8.45. The normalized spacial score (nSPS) is 14.3. The number of hydrogen-bond acceptors (Lipinski definition) is 3. The van der Waals surface area contributed by atoms with E-state index in [0.717, 1.165) is 10.2 Å². The number of nitrogens with zero attached hydrogens (tertiary/aromatic N) is 2. The summed E-state index contributed by atoms with van der Waals surface area (Å²) in [6.07, 6.45) is 0. The van der Waals surface area contributed by atoms with Crippen molar-refractivity contribution < 1.29 is 9.59 Å². The summed E-state index contributed by atoms with van der Waals surface area (Å²) in [6.45, 7) is 6.59. The number of piperazine rings is 1. The van der Waals surface area contributed by atoms with Gasteiger partial charge >= 0.3 is 0 Å². The number of anilines is 2. The minimum atomic E-state index is -0.196. The lowest BCUT2D eigenvalue weighted by atomic mass is 10.1. The molecule has 1 heterocycles. The monoisotopic (exact) mass is 463 g/mol. The van der Waals surface area contributed by atoms with Gasteiger partial charge in [0, 0.05) is 47.2 Å². The van der Waals surface area contributed by atoms with Gasteiger partial charge in [0.25, 0.3) is 5.91 Å². The lowest BCUT2D eigenvalue weighted by Gasteiger charge is -2.37. The van der Waals surface area contributed by atoms with Crippen molar-refractivity contribution in [1.82, 2.24) is 4.90 Å². The van der Waals surface area contributed by atoms with Gasteiger partial charge in [-0.3, -0.25) is 9.59 Å². The minimum absolute atomic E-state index is 0.00197. The molecule has 0 aromatic heterocycles. The van der Waals surface area contributed by atoms with E-state index >= 15 is 0 Å². The van der Waals surface area contributed by atoms with Gasteiger partial charge in [-0.05, 0) is 36.4 Å². The fourth-order valence-electron chi connectivity index (χ4n) is 3.24. The zero-order valence-electron chi connectivity index (χ0n) is 15.9. The second-order valence-electron chi connectivity index (χ2n) is 7.09. The molecule has 1 fully saturated rings. The van der Waals surface area contributed by atoms with E-state index in [-0.39, 0.29) is 17.7 Å². The molecule has 2 amide bonds. The number of rotatable bonds is 4. The molecule has 0 saturated carbocycles. The lowest BCUT2D eigenvalue weighted by molar-refractivity contribution is -0.134. The minimum Gasteiger partial charge on any atom is -0.366 e. The van der Waals surface area contributed by atoms with Gasteiger partial charge in [-0.25, -0.2) is 0 Å². The molecular formula is C21H23BrClN3O2. The van der Waals surface area contributed by atoms with E-state index in [4.69, 9.17) is 11.6 Å². The number of carbonyl (C=O) groups is 2. The Bertz CT molecular complexity index is 880. The van der Waals surface area contributed by atoms with Gasteiger partial charge in [0.15, 0.2) is 0 Å². The van der Waals surface area contributed by atoms with E-state index in [2.05, 4.69) is 26.1 Å². The maximum atomic E-state index is 12.7. The van der Waals surface area contributed by atoms with Crippen LogP contribution in [0, 0.1) is 5.92 Å². The molecule has 5 nitrogen and oxygen atoms in total. The highest BCUT2D eigenvalue weighted by Gasteiger charge is 2.24. The summed E-state index contributed by atoms with van der Waals surface area (Å²) >= 11 is 9.57. The Balaban J connectivity index is 1.76. The van der Waals surface area contributed by atoms with Crippen molar-refractivity contribution in [2.45, 2.75) is 13.8 Å². The van der Waals surface area contributed by atoms with Crippen molar-refractivity contribution in [1.29, 1.82) is 0 Å². The molecule has 0 radical (unpaired) electrons. The molecule has 0 spiro atoms. The van der Waals surface area contributed by atoms with Crippen LogP contribution in [-0.4, -0.2) is 42.9 Å². The first-order chi connectivity index (χ1) is 13.3. The van der Waals surface area contributed by atoms with Crippen LogP contribution in [0.2, 0.25) is 5.02 Å². The summed E-state index contributed by atoms with van der Waals surface area (Å²) in [5, 5.41) is 3.54. The molecule has 0 unspecified atom stereocenters. The lowest BCUT2D eigenvalue weighted by Crippen LogP contribution is -2.50. The van der Waals surface area contributed by atoms with E-state index in [1.54, 1.807) is 18.2 Å². The molecule has 0 atom stereocenters. The Morgan fingerprint density at radius 1 is 1.07 bits per heavy atom. The van der Waals surface area contributed by atoms with Crippen molar-refractivity contribution in [2.24, 2.45) is 5.92 Å². The largest absolute Gasteiger partial charge is 0.366 e. The van der Waals surface area contributed by atoms with E-state index in [9.17, 15) is 9.59 Å². The summed E-state index contributed by atoms with van der Waals surface area (Å²) < 4.78 is 0.845. The molecule has 1 aliphatic heterocycles. The highest BCUT2D eigenvalue weighted by atomic mass is 79.9. The van der Waals surface area contributed by atoms with Gasteiger partial charge in [-0.2, -0.15) is 0 Å². The molecule has 2 aromatic rings. The van der Waals surface area contributed by atoms with Crippen LogP contribution in [0.5, 0.6) is 0 Å². The summed E-state index contributed by atoms with van der Waals surface area (Å²) in [4.78, 5) is 29.0. The quantitative estimate of drug-likeness (QED) is 0.716. The van der Waals surface area contributed by atoms with Crippen LogP contribution in [-0.2, 0) is 4.79 Å². The van der Waals surface area contributed by atoms with Gasteiger partial charge in [0.1, 0.15) is 0 Å². The van der Waals surface area contributed by atoms with Gasteiger partial charge < -0.3 is 15.1 Å². The van der Waals surface area contributed by atoms with Crippen molar-refractivity contribution in [3.8, 4) is 0 Å². The van der Waals surface area contributed by atoms with Gasteiger partial charge in [-0.15, -0.1) is 0 Å². The smallest absolute Gasteiger partial charge is 0.255 e. The summed E-state index contributed by atoms with van der Waals surface area (Å²) in [5.74, 6) is -0.0143. The van der Waals surface area contributed by atoms with Gasteiger partial charge in [0.2, 0.25) is 5.91 Å². The fourth-order valence-corrected chi connectivity index (χ4v) is 3.81. The second kappa shape index (κ2) is 8.97. The average molecular weight is 465 g/mol. The summed E-state index contributed by atoms with van der Waals surface area (Å²) in [5.41, 5.74) is 2.14. The number of amides is 2. The fraction of sp³-hybridized carbons (Fsp3) is 0.333. The Kier molecular flexibility index (Phi) is 6.62. The molecule has 1 aliphatic rings. The van der Waals surface area contributed by atoms with Crippen LogP contribution in [0.3, 0.4) is 0 Å². The summed E-state index contributed by atoms with van der Waals surface area (Å²) in [6, 6.07) is 12.7. The Morgan fingerprint density at radius 2 is 1.79 bits per heavy atom. The topological polar surface area (TPSA) is 52.7 Å². The first-order valence-electron chi connectivity index (χ1n) is 9.25. The average Bonchev–Trinajstić information content (AvgIpc) is 2.67. The third-order valence-corrected chi connectivity index (χ3v) is 5.45. The van der Waals surface area contributed by atoms with Crippen LogP contribution >= 0.6 is 27.5 Å². The van der Waals surface area contributed by atoms with Crippen LogP contribution in [0.4, 0.5) is 11.4 Å². The zero-order valence-corrected chi connectivity index (χ0v) is 18.3. The third-order valence-electron chi connectivity index (χ3n) is 4.72. The first kappa shape index (κ1) is 20.7. The number of hydrogen-bond donors (Lipinski definition) is 1. The van der Waals surface area contributed by atoms with Crippen LogP contribution in [0.1, 0.15) is 24.2 Å². The molecule has 0 bridgehead atoms. The molecule has 1 N–H and O–H groups in total. The molecule has 3 rings (SSSR count). The molecule has 1 saturated heterocycles. The molecule has 7 heteroatoms. The molecular weight excluding hydrogens is 442 g/mol. The Labute approximate surface area is 178 Å². The first-order valence-corrected chi connectivity index (χ1v) is 10.4. The third kappa shape index (κ3) is 4.86. The van der Waals surface area contributed by atoms with Crippen molar-refractivity contribution in [3.63, 3.8) is 0 Å². The van der Waals surface area contributed by atoms with Gasteiger partial charge in [-0.1, -0.05) is 47.4 Å². The highest BCUT2D eigenvalue weighted by molar-refractivity contribution is 9.10. The Morgan fingerprint density at radius 3 is 2.43 bits per heavy atom. The molecule has 0 aliphatic carbocycles. The van der Waals surface area contributed by atoms with Crippen LogP contribution in [0.15, 0.2) is 46.9 Å². The molecule has 148 valence electrons. The van der Waals surface area contributed by atoms with Crippen LogP contribution < -0.4 is 10.2 Å².